The third-order valence-corrected chi connectivity index (χ3v) is 4.86. The van der Waals surface area contributed by atoms with Crippen LogP contribution in [0.2, 0.25) is 0 Å². The number of guanidine groups is 1. The first-order chi connectivity index (χ1) is 15.0. The fourth-order valence-electron chi connectivity index (χ4n) is 3.17. The van der Waals surface area contributed by atoms with Crippen LogP contribution in [0.1, 0.15) is 38.5 Å². The average molecular weight is 457 g/mol. The molecule has 180 valence electrons. The molecule has 1 aliphatic heterocycles. The summed E-state index contributed by atoms with van der Waals surface area (Å²) in [7, 11) is 0. The van der Waals surface area contributed by atoms with Crippen molar-refractivity contribution in [2.24, 2.45) is 22.2 Å². The van der Waals surface area contributed by atoms with Crippen LogP contribution >= 0.6 is 0 Å². The number of nitrogens with one attached hydrogen (secondary N) is 2. The van der Waals surface area contributed by atoms with Gasteiger partial charge in [0.25, 0.3) is 0 Å². The molecule has 10 N–H and O–H groups in total. The molecule has 1 fully saturated rings. The summed E-state index contributed by atoms with van der Waals surface area (Å²) in [6.45, 7) is 0.0385. The molecule has 14 heteroatoms. The summed E-state index contributed by atoms with van der Waals surface area (Å²) in [5, 5.41) is 22.7. The number of nitrogens with zero attached hydrogens (tertiary/aromatic N) is 2. The zero-order chi connectivity index (χ0) is 24.3. The number of amides is 3. The molecule has 3 atom stereocenters. The molecule has 1 aliphatic rings. The number of rotatable bonds is 13. The second-order valence-electron chi connectivity index (χ2n) is 7.35. The molecule has 3 unspecified atom stereocenters. The molecular weight excluding hydrogens is 426 g/mol. The molecule has 0 aromatic rings. The number of nitrogens with two attached hydrogens (primary N) is 3. The van der Waals surface area contributed by atoms with E-state index in [9.17, 15) is 29.1 Å². The van der Waals surface area contributed by atoms with Crippen LogP contribution in [0.4, 0.5) is 0 Å². The van der Waals surface area contributed by atoms with Crippen LogP contribution in [-0.2, 0) is 24.0 Å². The van der Waals surface area contributed by atoms with Gasteiger partial charge in [-0.15, -0.1) is 0 Å². The second-order valence-corrected chi connectivity index (χ2v) is 7.35. The summed E-state index contributed by atoms with van der Waals surface area (Å²) in [6, 6.07) is -3.14. The number of aliphatic carboxylic acids is 2. The highest BCUT2D eigenvalue weighted by Gasteiger charge is 2.34. The van der Waals surface area contributed by atoms with Gasteiger partial charge in [-0.25, -0.2) is 4.79 Å². The third kappa shape index (κ3) is 9.16. The van der Waals surface area contributed by atoms with E-state index >= 15 is 0 Å². The Balaban J connectivity index is 2.70. The highest BCUT2D eigenvalue weighted by Crippen LogP contribution is 2.17. The van der Waals surface area contributed by atoms with Crippen LogP contribution in [0.15, 0.2) is 4.99 Å². The highest BCUT2D eigenvalue weighted by atomic mass is 16.4. The SMILES string of the molecule is NC(N)=NCCCC(NC(=O)C(N)CCC(=O)O)C(=O)NCC(=O)N1CCCC1C(=O)O. The minimum absolute atomic E-state index is 0.118. The largest absolute Gasteiger partial charge is 0.481 e. The first-order valence-electron chi connectivity index (χ1n) is 10.2. The summed E-state index contributed by atoms with van der Waals surface area (Å²) in [5.74, 6) is -4.29. The minimum Gasteiger partial charge on any atom is -0.481 e. The van der Waals surface area contributed by atoms with Gasteiger partial charge in [0.15, 0.2) is 5.96 Å². The van der Waals surface area contributed by atoms with Crippen molar-refractivity contribution in [1.82, 2.24) is 15.5 Å². The Morgan fingerprint density at radius 3 is 2.38 bits per heavy atom. The Morgan fingerprint density at radius 1 is 1.09 bits per heavy atom. The molecule has 0 aromatic carbocycles. The van der Waals surface area contributed by atoms with Crippen molar-refractivity contribution in [3.63, 3.8) is 0 Å². The molecule has 1 heterocycles. The lowest BCUT2D eigenvalue weighted by Crippen LogP contribution is -2.53. The van der Waals surface area contributed by atoms with Gasteiger partial charge in [-0.2, -0.15) is 0 Å². The van der Waals surface area contributed by atoms with E-state index in [0.717, 1.165) is 0 Å². The van der Waals surface area contributed by atoms with E-state index in [0.29, 0.717) is 19.3 Å². The fourth-order valence-corrected chi connectivity index (χ4v) is 3.17. The van der Waals surface area contributed by atoms with Crippen molar-refractivity contribution in [3.8, 4) is 0 Å². The van der Waals surface area contributed by atoms with Crippen molar-refractivity contribution in [3.05, 3.63) is 0 Å². The Bertz CT molecular complexity index is 739. The lowest BCUT2D eigenvalue weighted by molar-refractivity contribution is -0.148. The third-order valence-electron chi connectivity index (χ3n) is 4.86. The van der Waals surface area contributed by atoms with E-state index in [4.69, 9.17) is 22.3 Å². The maximum absolute atomic E-state index is 12.6. The van der Waals surface area contributed by atoms with Crippen LogP contribution in [-0.4, -0.2) is 88.5 Å². The van der Waals surface area contributed by atoms with Crippen LogP contribution in [0.3, 0.4) is 0 Å². The molecule has 0 radical (unpaired) electrons. The number of carboxylic acid groups (broad SMARTS) is 2. The molecule has 32 heavy (non-hydrogen) atoms. The van der Waals surface area contributed by atoms with E-state index in [1.807, 2.05) is 0 Å². The first-order valence-corrected chi connectivity index (χ1v) is 10.2. The molecular formula is C18H31N7O7. The Hall–Kier alpha value is -3.42. The zero-order valence-electron chi connectivity index (χ0n) is 17.7. The number of carboxylic acids is 2. The van der Waals surface area contributed by atoms with Gasteiger partial charge in [0.2, 0.25) is 17.7 Å². The molecule has 3 amide bonds. The Labute approximate surface area is 184 Å². The van der Waals surface area contributed by atoms with Gasteiger partial charge in [-0.05, 0) is 32.1 Å². The predicted molar refractivity (Wildman–Crippen MR) is 112 cm³/mol. The minimum atomic E-state index is -1.14. The van der Waals surface area contributed by atoms with E-state index in [1.54, 1.807) is 0 Å². The molecule has 1 rings (SSSR count). The number of carbonyl (C=O) groups excluding carboxylic acids is 3. The normalized spacial score (nSPS) is 17.2. The van der Waals surface area contributed by atoms with Crippen LogP contribution in [0.25, 0.3) is 0 Å². The topological polar surface area (TPSA) is 244 Å². The van der Waals surface area contributed by atoms with Gasteiger partial charge in [0.1, 0.15) is 12.1 Å². The van der Waals surface area contributed by atoms with Crippen LogP contribution in [0, 0.1) is 0 Å². The van der Waals surface area contributed by atoms with Gasteiger partial charge in [-0.3, -0.25) is 24.2 Å². The summed E-state index contributed by atoms with van der Waals surface area (Å²) in [5.41, 5.74) is 16.2. The highest BCUT2D eigenvalue weighted by molar-refractivity contribution is 5.92. The lowest BCUT2D eigenvalue weighted by Gasteiger charge is -2.23. The second kappa shape index (κ2) is 13.1. The quantitative estimate of drug-likeness (QED) is 0.0834. The van der Waals surface area contributed by atoms with E-state index in [1.165, 1.54) is 4.90 Å². The van der Waals surface area contributed by atoms with E-state index in [-0.39, 0.29) is 38.3 Å². The summed E-state index contributed by atoms with van der Waals surface area (Å²) < 4.78 is 0. The average Bonchev–Trinajstić information content (AvgIpc) is 3.22. The molecule has 0 aliphatic carbocycles. The van der Waals surface area contributed by atoms with Crippen LogP contribution < -0.4 is 27.8 Å². The van der Waals surface area contributed by atoms with E-state index < -0.39 is 54.3 Å². The molecule has 0 spiro atoms. The molecule has 1 saturated heterocycles. The van der Waals surface area contributed by atoms with Crippen molar-refractivity contribution in [1.29, 1.82) is 0 Å². The summed E-state index contributed by atoms with van der Waals surface area (Å²) >= 11 is 0. The van der Waals surface area contributed by atoms with Crippen molar-refractivity contribution in [2.75, 3.05) is 19.6 Å². The maximum Gasteiger partial charge on any atom is 0.326 e. The number of carbonyl (C=O) groups is 5. The summed E-state index contributed by atoms with van der Waals surface area (Å²) in [4.78, 5) is 64.1. The maximum atomic E-state index is 12.6. The number of likely N-dealkylation sites (tertiary alicyclic amines) is 1. The lowest BCUT2D eigenvalue weighted by atomic mass is 10.1. The molecule has 0 bridgehead atoms. The van der Waals surface area contributed by atoms with E-state index in [2.05, 4.69) is 15.6 Å². The molecule has 14 nitrogen and oxygen atoms in total. The zero-order valence-corrected chi connectivity index (χ0v) is 17.7. The van der Waals surface area contributed by atoms with Gasteiger partial charge in [0.05, 0.1) is 12.6 Å². The molecule has 0 saturated carbocycles. The Kier molecular flexibility index (Phi) is 10.9. The molecule has 0 aromatic heterocycles. The van der Waals surface area contributed by atoms with Crippen molar-refractivity contribution >= 4 is 35.6 Å². The number of hydrogen-bond donors (Lipinski definition) is 7. The van der Waals surface area contributed by atoms with Crippen molar-refractivity contribution in [2.45, 2.75) is 56.7 Å². The monoisotopic (exact) mass is 457 g/mol. The summed E-state index contributed by atoms with van der Waals surface area (Å²) in [6.07, 6.45) is 0.900. The van der Waals surface area contributed by atoms with Crippen molar-refractivity contribution < 1.29 is 34.2 Å². The van der Waals surface area contributed by atoms with Crippen LogP contribution in [0.5, 0.6) is 0 Å². The number of hydrogen-bond acceptors (Lipinski definition) is 7. The number of aliphatic imine (C=N–C) groups is 1. The van der Waals surface area contributed by atoms with Gasteiger partial charge >= 0.3 is 11.9 Å². The smallest absolute Gasteiger partial charge is 0.326 e. The van der Waals surface area contributed by atoms with Gasteiger partial charge in [-0.1, -0.05) is 0 Å². The van der Waals surface area contributed by atoms with Gasteiger partial charge < -0.3 is 42.9 Å². The first kappa shape index (κ1) is 26.6. The predicted octanol–water partition coefficient (Wildman–Crippen LogP) is -3.09. The fraction of sp³-hybridized carbons (Fsp3) is 0.667. The van der Waals surface area contributed by atoms with Gasteiger partial charge in [0, 0.05) is 19.5 Å². The standard InChI is InChI=1S/C18H31N7O7/c19-10(5-6-14(27)28)15(29)24-11(3-1-7-22-18(20)21)16(30)23-9-13(26)25-8-2-4-12(25)17(31)32/h10-12H,1-9,19H2,(H,23,30)(H,24,29)(H,27,28)(H,31,32)(H4,20,21,22). The Morgan fingerprint density at radius 2 is 1.78 bits per heavy atom.